The van der Waals surface area contributed by atoms with Gasteiger partial charge in [0, 0.05) is 32.2 Å². The van der Waals surface area contributed by atoms with Crippen LogP contribution >= 0.6 is 0 Å². The Morgan fingerprint density at radius 3 is 2.54 bits per heavy atom. The molecule has 9 heteroatoms. The molecule has 0 atom stereocenters. The van der Waals surface area contributed by atoms with Gasteiger partial charge in [0.2, 0.25) is 15.9 Å². The molecule has 3 rings (SSSR count). The maximum atomic E-state index is 14.0. The van der Waals surface area contributed by atoms with Crippen molar-refractivity contribution in [2.24, 2.45) is 0 Å². The molecular weight excluding hydrogens is 366 g/mol. The number of hydrogen-bond donors (Lipinski definition) is 0. The predicted molar refractivity (Wildman–Crippen MR) is 89.8 cm³/mol. The molecule has 0 radical (unpaired) electrons. The van der Waals surface area contributed by atoms with Crippen LogP contribution < -0.4 is 0 Å². The zero-order valence-corrected chi connectivity index (χ0v) is 15.0. The SMILES string of the molecule is C=CC(=O)N1CCC2(CC1)CN(S(=O)(=O)c1ccc(F)cc1F)CCO2. The topological polar surface area (TPSA) is 66.9 Å². The van der Waals surface area contributed by atoms with E-state index in [1.54, 1.807) is 4.90 Å². The lowest BCUT2D eigenvalue weighted by molar-refractivity contribution is -0.140. The van der Waals surface area contributed by atoms with Gasteiger partial charge in [0.15, 0.2) is 0 Å². The summed E-state index contributed by atoms with van der Waals surface area (Å²) in [5, 5.41) is 0. The summed E-state index contributed by atoms with van der Waals surface area (Å²) in [5.41, 5.74) is -0.709. The molecule has 2 heterocycles. The van der Waals surface area contributed by atoms with Crippen LogP contribution in [0.3, 0.4) is 0 Å². The van der Waals surface area contributed by atoms with E-state index >= 15 is 0 Å². The number of carbonyl (C=O) groups excluding carboxylic acids is 1. The monoisotopic (exact) mass is 386 g/mol. The predicted octanol–water partition coefficient (Wildman–Crippen LogP) is 1.53. The quantitative estimate of drug-likeness (QED) is 0.739. The lowest BCUT2D eigenvalue weighted by Gasteiger charge is -2.46. The Hall–Kier alpha value is -1.84. The van der Waals surface area contributed by atoms with Crippen LogP contribution in [0, 0.1) is 11.6 Å². The number of rotatable bonds is 3. The Kier molecular flexibility index (Phi) is 5.14. The first kappa shape index (κ1) is 18.9. The molecule has 1 aromatic carbocycles. The number of morpholine rings is 1. The molecule has 26 heavy (non-hydrogen) atoms. The third kappa shape index (κ3) is 3.51. The molecule has 2 saturated heterocycles. The highest BCUT2D eigenvalue weighted by atomic mass is 32.2. The summed E-state index contributed by atoms with van der Waals surface area (Å²) >= 11 is 0. The standard InChI is InChI=1S/C17H20F2N2O4S/c1-2-16(22)20-7-5-17(6-8-20)12-21(9-10-25-17)26(23,24)15-4-3-13(18)11-14(15)19/h2-4,11H,1,5-10,12H2. The zero-order chi connectivity index (χ0) is 18.9. The molecule has 2 fully saturated rings. The van der Waals surface area contributed by atoms with Crippen molar-refractivity contribution in [2.45, 2.75) is 23.3 Å². The molecule has 0 unspecified atom stereocenters. The molecular formula is C17H20F2N2O4S. The summed E-state index contributed by atoms with van der Waals surface area (Å²) in [6, 6.07) is 2.42. The molecule has 0 aromatic heterocycles. The fraction of sp³-hybridized carbons (Fsp3) is 0.471. The van der Waals surface area contributed by atoms with E-state index in [0.29, 0.717) is 32.0 Å². The second-order valence-electron chi connectivity index (χ2n) is 6.47. The Labute approximate surface area is 151 Å². The molecule has 6 nitrogen and oxygen atoms in total. The van der Waals surface area contributed by atoms with Crippen molar-refractivity contribution in [2.75, 3.05) is 32.8 Å². The summed E-state index contributed by atoms with van der Waals surface area (Å²) < 4.78 is 59.7. The molecule has 1 spiro atoms. The molecule has 142 valence electrons. The number of sulfonamides is 1. The number of carbonyl (C=O) groups is 1. The fourth-order valence-corrected chi connectivity index (χ4v) is 4.95. The first-order valence-electron chi connectivity index (χ1n) is 8.28. The van der Waals surface area contributed by atoms with Crippen molar-refractivity contribution in [1.29, 1.82) is 0 Å². The van der Waals surface area contributed by atoms with Crippen LogP contribution in [0.15, 0.2) is 35.7 Å². The number of hydrogen-bond acceptors (Lipinski definition) is 4. The largest absolute Gasteiger partial charge is 0.372 e. The number of piperidine rings is 1. The van der Waals surface area contributed by atoms with Gasteiger partial charge in [-0.25, -0.2) is 17.2 Å². The van der Waals surface area contributed by atoms with Crippen LogP contribution in [0.5, 0.6) is 0 Å². The number of ether oxygens (including phenoxy) is 1. The molecule has 2 aliphatic rings. The summed E-state index contributed by atoms with van der Waals surface area (Å²) in [5.74, 6) is -2.12. The third-order valence-electron chi connectivity index (χ3n) is 4.89. The van der Waals surface area contributed by atoms with Crippen molar-refractivity contribution >= 4 is 15.9 Å². The highest BCUT2D eigenvalue weighted by molar-refractivity contribution is 7.89. The van der Waals surface area contributed by atoms with Crippen LogP contribution in [-0.2, 0) is 19.6 Å². The van der Waals surface area contributed by atoms with E-state index in [9.17, 15) is 22.0 Å². The molecule has 1 aromatic rings. The first-order chi connectivity index (χ1) is 12.3. The molecule has 0 aliphatic carbocycles. The number of benzene rings is 1. The second-order valence-corrected chi connectivity index (χ2v) is 8.38. The van der Waals surface area contributed by atoms with Crippen molar-refractivity contribution < 1.29 is 26.7 Å². The van der Waals surface area contributed by atoms with Crippen molar-refractivity contribution in [3.63, 3.8) is 0 Å². The number of likely N-dealkylation sites (tertiary alicyclic amines) is 1. The van der Waals surface area contributed by atoms with Gasteiger partial charge in [0.1, 0.15) is 16.5 Å². The van der Waals surface area contributed by atoms with E-state index in [2.05, 4.69) is 6.58 Å². The van der Waals surface area contributed by atoms with Crippen molar-refractivity contribution in [3.8, 4) is 0 Å². The molecule has 0 saturated carbocycles. The Morgan fingerprint density at radius 2 is 1.92 bits per heavy atom. The van der Waals surface area contributed by atoms with Crippen molar-refractivity contribution in [1.82, 2.24) is 9.21 Å². The average molecular weight is 386 g/mol. The zero-order valence-electron chi connectivity index (χ0n) is 14.2. The van der Waals surface area contributed by atoms with Gasteiger partial charge in [-0.15, -0.1) is 0 Å². The lowest BCUT2D eigenvalue weighted by atomic mass is 9.90. The summed E-state index contributed by atoms with van der Waals surface area (Å²) in [6.45, 7) is 4.67. The highest BCUT2D eigenvalue weighted by Crippen LogP contribution is 2.33. The van der Waals surface area contributed by atoms with Gasteiger partial charge in [-0.2, -0.15) is 4.31 Å². The van der Waals surface area contributed by atoms with E-state index in [4.69, 9.17) is 4.74 Å². The maximum Gasteiger partial charge on any atom is 0.246 e. The van der Waals surface area contributed by atoms with E-state index in [1.165, 1.54) is 10.4 Å². The van der Waals surface area contributed by atoms with Gasteiger partial charge in [-0.1, -0.05) is 6.58 Å². The van der Waals surface area contributed by atoms with Crippen LogP contribution in [0.2, 0.25) is 0 Å². The van der Waals surface area contributed by atoms with Gasteiger partial charge >= 0.3 is 0 Å². The summed E-state index contributed by atoms with van der Waals surface area (Å²) in [7, 11) is -4.10. The Morgan fingerprint density at radius 1 is 1.23 bits per heavy atom. The van der Waals surface area contributed by atoms with Crippen LogP contribution in [-0.4, -0.2) is 61.9 Å². The number of halogens is 2. The van der Waals surface area contributed by atoms with E-state index in [0.717, 1.165) is 12.1 Å². The van der Waals surface area contributed by atoms with Gasteiger partial charge in [-0.3, -0.25) is 4.79 Å². The minimum absolute atomic E-state index is 0.0717. The van der Waals surface area contributed by atoms with Gasteiger partial charge < -0.3 is 9.64 Å². The minimum Gasteiger partial charge on any atom is -0.372 e. The van der Waals surface area contributed by atoms with E-state index in [-0.39, 0.29) is 25.6 Å². The van der Waals surface area contributed by atoms with Gasteiger partial charge in [0.25, 0.3) is 0 Å². The summed E-state index contributed by atoms with van der Waals surface area (Å²) in [6.07, 6.45) is 2.20. The molecule has 2 aliphatic heterocycles. The van der Waals surface area contributed by atoms with Crippen LogP contribution in [0.25, 0.3) is 0 Å². The number of nitrogens with zero attached hydrogens (tertiary/aromatic N) is 2. The highest BCUT2D eigenvalue weighted by Gasteiger charge is 2.44. The average Bonchev–Trinajstić information content (AvgIpc) is 2.61. The fourth-order valence-electron chi connectivity index (χ4n) is 3.40. The summed E-state index contributed by atoms with van der Waals surface area (Å²) in [4.78, 5) is 12.8. The molecule has 0 bridgehead atoms. The minimum atomic E-state index is -4.10. The van der Waals surface area contributed by atoms with Crippen molar-refractivity contribution in [3.05, 3.63) is 42.5 Å². The van der Waals surface area contributed by atoms with E-state index < -0.39 is 32.2 Å². The normalized spacial score (nSPS) is 20.9. The van der Waals surface area contributed by atoms with Gasteiger partial charge in [-0.05, 0) is 31.1 Å². The molecule has 0 N–H and O–H groups in total. The lowest BCUT2D eigenvalue weighted by Crippen LogP contribution is -2.58. The third-order valence-corrected chi connectivity index (χ3v) is 6.76. The second kappa shape index (κ2) is 7.05. The van der Waals surface area contributed by atoms with Crippen LogP contribution in [0.1, 0.15) is 12.8 Å². The smallest absolute Gasteiger partial charge is 0.246 e. The van der Waals surface area contributed by atoms with Crippen LogP contribution in [0.4, 0.5) is 8.78 Å². The Balaban J connectivity index is 1.78. The van der Waals surface area contributed by atoms with Gasteiger partial charge in [0.05, 0.1) is 12.2 Å². The first-order valence-corrected chi connectivity index (χ1v) is 9.72. The van der Waals surface area contributed by atoms with E-state index in [1.807, 2.05) is 0 Å². The molecule has 1 amide bonds. The maximum absolute atomic E-state index is 14.0. The number of amides is 1. The Bertz CT molecular complexity index is 820.